The molecule has 0 fully saturated rings. The van der Waals surface area contributed by atoms with Crippen LogP contribution in [0.3, 0.4) is 0 Å². The normalized spacial score (nSPS) is 10.6. The molecule has 13 heavy (non-hydrogen) atoms. The quantitative estimate of drug-likeness (QED) is 0.714. The molecule has 0 spiro atoms. The molecule has 0 aliphatic carbocycles. The molecule has 2 rings (SSSR count). The van der Waals surface area contributed by atoms with Gasteiger partial charge < -0.3 is 5.73 Å². The number of hydrogen-bond donors (Lipinski definition) is 2. The van der Waals surface area contributed by atoms with Gasteiger partial charge in [-0.05, 0) is 13.8 Å². The fraction of sp³-hybridized carbons (Fsp3) is 0.286. The monoisotopic (exact) mass is 195 g/mol. The molecule has 0 bridgehead atoms. The number of nitrogens with one attached hydrogen (secondary N) is 1. The minimum absolute atomic E-state index is 0.551. The van der Waals surface area contributed by atoms with Crippen molar-refractivity contribution < 1.29 is 0 Å². The molecule has 2 aromatic rings. The van der Waals surface area contributed by atoms with Crippen LogP contribution in [0, 0.1) is 13.8 Å². The maximum Gasteiger partial charge on any atom is 0.193 e. The molecule has 0 radical (unpaired) electrons. The highest BCUT2D eigenvalue weighted by Gasteiger charge is 2.11. The molecule has 3 N–H and O–H groups in total. The summed E-state index contributed by atoms with van der Waals surface area (Å²) in [6.45, 7) is 3.75. The Labute approximate surface area is 79.0 Å². The van der Waals surface area contributed by atoms with Crippen molar-refractivity contribution >= 4 is 16.5 Å². The Kier molecular flexibility index (Phi) is 1.77. The van der Waals surface area contributed by atoms with Crippen LogP contribution in [0.1, 0.15) is 11.5 Å². The second kappa shape index (κ2) is 2.81. The van der Waals surface area contributed by atoms with Crippen molar-refractivity contribution in [1.29, 1.82) is 0 Å². The molecule has 2 heterocycles. The lowest BCUT2D eigenvalue weighted by atomic mass is 10.4. The van der Waals surface area contributed by atoms with Crippen LogP contribution in [0.15, 0.2) is 0 Å². The van der Waals surface area contributed by atoms with Crippen LogP contribution in [0.5, 0.6) is 0 Å². The first kappa shape index (κ1) is 8.18. The van der Waals surface area contributed by atoms with Crippen LogP contribution in [0.4, 0.5) is 5.13 Å². The smallest absolute Gasteiger partial charge is 0.193 e. The van der Waals surface area contributed by atoms with Gasteiger partial charge in [0.25, 0.3) is 0 Å². The lowest BCUT2D eigenvalue weighted by molar-refractivity contribution is 1.04. The number of aromatic amines is 1. The van der Waals surface area contributed by atoms with Crippen LogP contribution >= 0.6 is 11.3 Å². The van der Waals surface area contributed by atoms with Crippen LogP contribution in [0.25, 0.3) is 10.7 Å². The van der Waals surface area contributed by atoms with Gasteiger partial charge in [-0.1, -0.05) is 11.3 Å². The SMILES string of the molecule is Cc1nc(-c2sc(N)nc2C)n[nH]1. The van der Waals surface area contributed by atoms with E-state index in [-0.39, 0.29) is 0 Å². The number of nitrogen functional groups attached to an aromatic ring is 1. The third-order valence-electron chi connectivity index (χ3n) is 1.61. The van der Waals surface area contributed by atoms with Gasteiger partial charge in [0.1, 0.15) is 5.82 Å². The van der Waals surface area contributed by atoms with Gasteiger partial charge in [0.2, 0.25) is 0 Å². The number of thiazole rings is 1. The number of hydrogen-bond acceptors (Lipinski definition) is 5. The third-order valence-corrected chi connectivity index (χ3v) is 2.60. The molecule has 6 heteroatoms. The second-order valence-electron chi connectivity index (χ2n) is 2.71. The molecule has 68 valence electrons. The second-order valence-corrected chi connectivity index (χ2v) is 3.74. The van der Waals surface area contributed by atoms with Gasteiger partial charge in [0.15, 0.2) is 11.0 Å². The Morgan fingerprint density at radius 1 is 1.31 bits per heavy atom. The summed E-state index contributed by atoms with van der Waals surface area (Å²) in [5.74, 6) is 1.46. The lowest BCUT2D eigenvalue weighted by Gasteiger charge is -1.87. The fourth-order valence-electron chi connectivity index (χ4n) is 1.07. The molecule has 5 nitrogen and oxygen atoms in total. The van der Waals surface area contributed by atoms with Gasteiger partial charge >= 0.3 is 0 Å². The van der Waals surface area contributed by atoms with Crippen LogP contribution < -0.4 is 5.73 Å². The van der Waals surface area contributed by atoms with Crippen molar-refractivity contribution in [2.45, 2.75) is 13.8 Å². The van der Waals surface area contributed by atoms with E-state index in [9.17, 15) is 0 Å². The van der Waals surface area contributed by atoms with Crippen molar-refractivity contribution in [2.75, 3.05) is 5.73 Å². The first-order chi connectivity index (χ1) is 6.16. The highest BCUT2D eigenvalue weighted by Crippen LogP contribution is 2.28. The Balaban J connectivity index is 2.51. The number of aromatic nitrogens is 4. The summed E-state index contributed by atoms with van der Waals surface area (Å²) < 4.78 is 0. The molecule has 0 aromatic carbocycles. The van der Waals surface area contributed by atoms with Gasteiger partial charge in [-0.25, -0.2) is 9.97 Å². The molecule has 0 amide bonds. The summed E-state index contributed by atoms with van der Waals surface area (Å²) in [7, 11) is 0. The van der Waals surface area contributed by atoms with Crippen molar-refractivity contribution in [3.05, 3.63) is 11.5 Å². The Hall–Kier alpha value is -1.43. The van der Waals surface area contributed by atoms with Gasteiger partial charge in [0, 0.05) is 0 Å². The van der Waals surface area contributed by atoms with Crippen molar-refractivity contribution in [3.63, 3.8) is 0 Å². The zero-order valence-electron chi connectivity index (χ0n) is 7.33. The van der Waals surface area contributed by atoms with E-state index in [1.54, 1.807) is 0 Å². The standard InChI is InChI=1S/C7H9N5S/c1-3-5(13-7(8)9-3)6-10-4(2)11-12-6/h1-2H3,(H2,8,9)(H,10,11,12). The molecule has 0 aliphatic heterocycles. The summed E-state index contributed by atoms with van der Waals surface area (Å²) in [6.07, 6.45) is 0. The van der Waals surface area contributed by atoms with E-state index in [1.807, 2.05) is 13.8 Å². The average molecular weight is 195 g/mol. The summed E-state index contributed by atoms with van der Waals surface area (Å²) in [4.78, 5) is 9.23. The van der Waals surface area contributed by atoms with E-state index in [0.29, 0.717) is 11.0 Å². The predicted molar refractivity (Wildman–Crippen MR) is 51.4 cm³/mol. The number of anilines is 1. The van der Waals surface area contributed by atoms with Crippen molar-refractivity contribution in [3.8, 4) is 10.7 Å². The maximum absolute atomic E-state index is 5.57. The highest BCUT2D eigenvalue weighted by molar-refractivity contribution is 7.18. The summed E-state index contributed by atoms with van der Waals surface area (Å²) in [5.41, 5.74) is 6.44. The summed E-state index contributed by atoms with van der Waals surface area (Å²) in [6, 6.07) is 0. The van der Waals surface area contributed by atoms with E-state index in [0.717, 1.165) is 16.4 Å². The number of H-pyrrole nitrogens is 1. The van der Waals surface area contributed by atoms with E-state index in [2.05, 4.69) is 20.2 Å². The Bertz CT molecular complexity index is 430. The average Bonchev–Trinajstić information content (AvgIpc) is 2.58. The van der Waals surface area contributed by atoms with Gasteiger partial charge in [0.05, 0.1) is 10.6 Å². The fourth-order valence-corrected chi connectivity index (χ4v) is 1.84. The Morgan fingerprint density at radius 2 is 2.08 bits per heavy atom. The summed E-state index contributed by atoms with van der Waals surface area (Å²) in [5, 5.41) is 7.37. The van der Waals surface area contributed by atoms with E-state index >= 15 is 0 Å². The van der Waals surface area contributed by atoms with Crippen molar-refractivity contribution in [2.24, 2.45) is 0 Å². The molecule has 0 unspecified atom stereocenters. The number of rotatable bonds is 1. The number of nitrogens with two attached hydrogens (primary N) is 1. The largest absolute Gasteiger partial charge is 0.375 e. The minimum Gasteiger partial charge on any atom is -0.375 e. The first-order valence-corrected chi connectivity index (χ1v) is 4.61. The van der Waals surface area contributed by atoms with Crippen LogP contribution in [-0.2, 0) is 0 Å². The number of nitrogens with zero attached hydrogens (tertiary/aromatic N) is 3. The van der Waals surface area contributed by atoms with Crippen molar-refractivity contribution in [1.82, 2.24) is 20.2 Å². The molecular formula is C7H9N5S. The Morgan fingerprint density at radius 3 is 2.54 bits per heavy atom. The van der Waals surface area contributed by atoms with Gasteiger partial charge in [-0.15, -0.1) is 0 Å². The highest BCUT2D eigenvalue weighted by atomic mass is 32.1. The van der Waals surface area contributed by atoms with Gasteiger partial charge in [-0.3, -0.25) is 5.10 Å². The molecule has 0 atom stereocenters. The van der Waals surface area contributed by atoms with Crippen LogP contribution in [-0.4, -0.2) is 20.2 Å². The minimum atomic E-state index is 0.551. The maximum atomic E-state index is 5.57. The topological polar surface area (TPSA) is 80.5 Å². The van der Waals surface area contributed by atoms with Gasteiger partial charge in [-0.2, -0.15) is 5.10 Å². The number of aryl methyl sites for hydroxylation is 2. The van der Waals surface area contributed by atoms with Crippen LogP contribution in [0.2, 0.25) is 0 Å². The van der Waals surface area contributed by atoms with E-state index < -0.39 is 0 Å². The van der Waals surface area contributed by atoms with E-state index in [4.69, 9.17) is 5.73 Å². The zero-order chi connectivity index (χ0) is 9.42. The zero-order valence-corrected chi connectivity index (χ0v) is 8.14. The molecule has 0 saturated heterocycles. The summed E-state index contributed by atoms with van der Waals surface area (Å²) >= 11 is 1.40. The molecular weight excluding hydrogens is 186 g/mol. The first-order valence-electron chi connectivity index (χ1n) is 3.79. The van der Waals surface area contributed by atoms with E-state index in [1.165, 1.54) is 11.3 Å². The third kappa shape index (κ3) is 1.40. The molecule has 0 aliphatic rings. The molecule has 0 saturated carbocycles. The molecule has 2 aromatic heterocycles. The lowest BCUT2D eigenvalue weighted by Crippen LogP contribution is -1.82. The predicted octanol–water partition coefficient (Wildman–Crippen LogP) is 1.13.